The third-order valence-corrected chi connectivity index (χ3v) is 6.88. The van der Waals surface area contributed by atoms with Gasteiger partial charge in [-0.05, 0) is 67.7 Å². The van der Waals surface area contributed by atoms with Gasteiger partial charge in [-0.25, -0.2) is 12.4 Å². The van der Waals surface area contributed by atoms with Crippen LogP contribution in [0.2, 0.25) is 0 Å². The molecule has 1 fully saturated rings. The summed E-state index contributed by atoms with van der Waals surface area (Å²) < 4.78 is 27.3. The van der Waals surface area contributed by atoms with E-state index in [0.717, 1.165) is 18.5 Å². The number of hydrogen-bond acceptors (Lipinski definition) is 3. The minimum absolute atomic E-state index is 0.296. The minimum atomic E-state index is -3.60. The molecule has 1 aliphatic rings. The number of nitrogens with zero attached hydrogens (tertiary/aromatic N) is 2. The smallest absolute Gasteiger partial charge is 0.268 e. The number of likely N-dealkylation sites (tertiary alicyclic amines) is 1. The summed E-state index contributed by atoms with van der Waals surface area (Å²) in [5, 5.41) is 0. The normalized spacial score (nSPS) is 15.3. The maximum absolute atomic E-state index is 13.0. The second kappa shape index (κ2) is 7.71. The van der Waals surface area contributed by atoms with E-state index in [-0.39, 0.29) is 0 Å². The van der Waals surface area contributed by atoms with Crippen molar-refractivity contribution < 1.29 is 8.42 Å². The summed E-state index contributed by atoms with van der Waals surface area (Å²) in [6.45, 7) is 3.52. The fraction of sp³-hybridized carbons (Fsp3) is 0.273. The first kappa shape index (κ1) is 18.0. The molecule has 3 aromatic rings. The van der Waals surface area contributed by atoms with E-state index in [0.29, 0.717) is 10.6 Å². The van der Waals surface area contributed by atoms with E-state index < -0.39 is 10.0 Å². The van der Waals surface area contributed by atoms with Crippen molar-refractivity contribution in [3.8, 4) is 11.3 Å². The van der Waals surface area contributed by atoms with Gasteiger partial charge in [0.25, 0.3) is 10.0 Å². The van der Waals surface area contributed by atoms with Crippen LogP contribution in [0, 0.1) is 0 Å². The lowest BCUT2D eigenvalue weighted by Crippen LogP contribution is -2.21. The van der Waals surface area contributed by atoms with Crippen molar-refractivity contribution in [1.29, 1.82) is 0 Å². The van der Waals surface area contributed by atoms with E-state index in [1.165, 1.54) is 35.5 Å². The Balaban J connectivity index is 1.55. The van der Waals surface area contributed by atoms with Gasteiger partial charge in [-0.2, -0.15) is 0 Å². The lowest BCUT2D eigenvalue weighted by atomic mass is 10.1. The van der Waals surface area contributed by atoms with Crippen LogP contribution in [0.4, 0.5) is 0 Å². The van der Waals surface area contributed by atoms with Crippen molar-refractivity contribution >= 4 is 10.0 Å². The highest BCUT2D eigenvalue weighted by atomic mass is 32.2. The van der Waals surface area contributed by atoms with E-state index in [4.69, 9.17) is 0 Å². The molecule has 1 saturated heterocycles. The summed E-state index contributed by atoms with van der Waals surface area (Å²) in [7, 11) is -3.60. The highest BCUT2D eigenvalue weighted by molar-refractivity contribution is 7.90. The molecular formula is C22H24N2O2S. The molecule has 4 nitrogen and oxygen atoms in total. The van der Waals surface area contributed by atoms with E-state index in [2.05, 4.69) is 17.0 Å². The lowest BCUT2D eigenvalue weighted by Gasteiger charge is -2.14. The van der Waals surface area contributed by atoms with Crippen LogP contribution in [0.15, 0.2) is 77.8 Å². The van der Waals surface area contributed by atoms with Gasteiger partial charge < -0.3 is 4.90 Å². The molecule has 0 saturated carbocycles. The molecule has 140 valence electrons. The van der Waals surface area contributed by atoms with Crippen molar-refractivity contribution in [2.45, 2.75) is 24.2 Å². The number of hydrogen-bond donors (Lipinski definition) is 0. The van der Waals surface area contributed by atoms with Crippen LogP contribution in [0.5, 0.6) is 0 Å². The van der Waals surface area contributed by atoms with Gasteiger partial charge in [0.2, 0.25) is 0 Å². The van der Waals surface area contributed by atoms with Gasteiger partial charge in [0.05, 0.1) is 10.6 Å². The maximum atomic E-state index is 13.0. The molecule has 0 atom stereocenters. The standard InChI is InChI=1S/C22H24N2O2S/c25-27(26,21-7-2-1-3-8-21)24-17-6-9-22(24)20-12-10-19(11-13-20)14-18-23-15-4-5-16-23/h1-3,6-13,17H,4-5,14-16,18H2. The number of rotatable bonds is 6. The Kier molecular flexibility index (Phi) is 5.14. The van der Waals surface area contributed by atoms with E-state index >= 15 is 0 Å². The second-order valence-corrected chi connectivity index (χ2v) is 8.82. The average molecular weight is 381 g/mol. The van der Waals surface area contributed by atoms with Crippen molar-refractivity contribution in [1.82, 2.24) is 8.87 Å². The third kappa shape index (κ3) is 3.84. The number of benzene rings is 2. The average Bonchev–Trinajstić information content (AvgIpc) is 3.40. The van der Waals surface area contributed by atoms with E-state index in [9.17, 15) is 8.42 Å². The summed E-state index contributed by atoms with van der Waals surface area (Å²) >= 11 is 0. The topological polar surface area (TPSA) is 42.3 Å². The van der Waals surface area contributed by atoms with Crippen LogP contribution >= 0.6 is 0 Å². The predicted molar refractivity (Wildman–Crippen MR) is 108 cm³/mol. The zero-order valence-electron chi connectivity index (χ0n) is 15.3. The van der Waals surface area contributed by atoms with Gasteiger partial charge >= 0.3 is 0 Å². The first-order valence-electron chi connectivity index (χ1n) is 9.44. The molecule has 0 bridgehead atoms. The Morgan fingerprint density at radius 2 is 1.52 bits per heavy atom. The monoisotopic (exact) mass is 380 g/mol. The zero-order chi connectivity index (χ0) is 18.7. The Morgan fingerprint density at radius 1 is 0.815 bits per heavy atom. The highest BCUT2D eigenvalue weighted by Crippen LogP contribution is 2.25. The number of aromatic nitrogens is 1. The Hall–Kier alpha value is -2.37. The van der Waals surface area contributed by atoms with Crippen LogP contribution < -0.4 is 0 Å². The van der Waals surface area contributed by atoms with Crippen molar-refractivity contribution in [3.63, 3.8) is 0 Å². The molecule has 27 heavy (non-hydrogen) atoms. The molecule has 1 aliphatic heterocycles. The fourth-order valence-electron chi connectivity index (χ4n) is 3.64. The molecule has 4 rings (SSSR count). The Bertz CT molecular complexity index is 986. The molecule has 5 heteroatoms. The summed E-state index contributed by atoms with van der Waals surface area (Å²) in [5.41, 5.74) is 2.88. The van der Waals surface area contributed by atoms with Gasteiger partial charge in [-0.1, -0.05) is 42.5 Å². The molecular weight excluding hydrogens is 356 g/mol. The van der Waals surface area contributed by atoms with E-state index in [1.807, 2.05) is 24.3 Å². The molecule has 1 aromatic heterocycles. The molecule has 0 N–H and O–H groups in total. The molecule has 0 aliphatic carbocycles. The van der Waals surface area contributed by atoms with Crippen molar-refractivity contribution in [3.05, 3.63) is 78.5 Å². The van der Waals surface area contributed by atoms with Gasteiger partial charge in [0.1, 0.15) is 0 Å². The van der Waals surface area contributed by atoms with Crippen LogP contribution in [0.1, 0.15) is 18.4 Å². The van der Waals surface area contributed by atoms with Crippen LogP contribution in [-0.4, -0.2) is 36.9 Å². The largest absolute Gasteiger partial charge is 0.303 e. The highest BCUT2D eigenvalue weighted by Gasteiger charge is 2.19. The Labute approximate surface area is 161 Å². The molecule has 0 radical (unpaired) electrons. The van der Waals surface area contributed by atoms with Gasteiger partial charge in [-0.3, -0.25) is 0 Å². The van der Waals surface area contributed by atoms with Crippen LogP contribution in [0.25, 0.3) is 11.3 Å². The second-order valence-electron chi connectivity index (χ2n) is 7.00. The molecule has 0 spiro atoms. The predicted octanol–water partition coefficient (Wildman–Crippen LogP) is 4.03. The quantitative estimate of drug-likeness (QED) is 0.648. The summed E-state index contributed by atoms with van der Waals surface area (Å²) in [5.74, 6) is 0. The minimum Gasteiger partial charge on any atom is -0.303 e. The molecule has 2 heterocycles. The Morgan fingerprint density at radius 3 is 2.22 bits per heavy atom. The molecule has 2 aromatic carbocycles. The van der Waals surface area contributed by atoms with Crippen LogP contribution in [0.3, 0.4) is 0 Å². The van der Waals surface area contributed by atoms with Crippen molar-refractivity contribution in [2.75, 3.05) is 19.6 Å². The molecule has 0 unspecified atom stereocenters. The fourth-order valence-corrected chi connectivity index (χ4v) is 5.02. The molecule has 0 amide bonds. The zero-order valence-corrected chi connectivity index (χ0v) is 16.1. The van der Waals surface area contributed by atoms with Crippen LogP contribution in [-0.2, 0) is 16.4 Å². The van der Waals surface area contributed by atoms with Gasteiger partial charge in [0.15, 0.2) is 0 Å². The van der Waals surface area contributed by atoms with E-state index in [1.54, 1.807) is 36.5 Å². The van der Waals surface area contributed by atoms with Gasteiger partial charge in [0, 0.05) is 12.7 Å². The first-order valence-corrected chi connectivity index (χ1v) is 10.9. The maximum Gasteiger partial charge on any atom is 0.268 e. The third-order valence-electron chi connectivity index (χ3n) is 5.18. The summed E-state index contributed by atoms with van der Waals surface area (Å²) in [6.07, 6.45) is 5.26. The SMILES string of the molecule is O=S(=O)(c1ccccc1)n1cccc1-c1ccc(CCN2CCCC2)cc1. The summed E-state index contributed by atoms with van der Waals surface area (Å²) in [6, 6.07) is 20.4. The van der Waals surface area contributed by atoms with Gasteiger partial charge in [-0.15, -0.1) is 0 Å². The van der Waals surface area contributed by atoms with Crippen molar-refractivity contribution in [2.24, 2.45) is 0 Å². The lowest BCUT2D eigenvalue weighted by molar-refractivity contribution is 0.343. The summed E-state index contributed by atoms with van der Waals surface area (Å²) in [4.78, 5) is 2.80. The first-order chi connectivity index (χ1) is 13.1.